The van der Waals surface area contributed by atoms with E-state index in [2.05, 4.69) is 0 Å². The van der Waals surface area contributed by atoms with Gasteiger partial charge in [-0.05, 0) is 36.4 Å². The van der Waals surface area contributed by atoms with Crippen LogP contribution in [0.5, 0.6) is 11.5 Å². The van der Waals surface area contributed by atoms with Crippen molar-refractivity contribution in [2.24, 2.45) is 0 Å². The largest absolute Gasteiger partial charge is 0.481 e. The van der Waals surface area contributed by atoms with Gasteiger partial charge in [-0.1, -0.05) is 46.4 Å². The van der Waals surface area contributed by atoms with Crippen molar-refractivity contribution in [1.29, 1.82) is 0 Å². The zero-order valence-electron chi connectivity index (χ0n) is 11.4. The van der Waals surface area contributed by atoms with Gasteiger partial charge in [0, 0.05) is 10.0 Å². The molecular weight excluding hydrogens is 386 g/mol. The summed E-state index contributed by atoms with van der Waals surface area (Å²) in [5.74, 6) is -0.620. The molecular formula is C15H10Cl4O4. The van der Waals surface area contributed by atoms with Crippen LogP contribution in [0.25, 0.3) is 0 Å². The molecule has 0 amide bonds. The van der Waals surface area contributed by atoms with Crippen molar-refractivity contribution in [2.75, 3.05) is 0 Å². The van der Waals surface area contributed by atoms with Crippen LogP contribution in [0.15, 0.2) is 36.4 Å². The van der Waals surface area contributed by atoms with Gasteiger partial charge >= 0.3 is 5.97 Å². The van der Waals surface area contributed by atoms with Gasteiger partial charge in [-0.25, -0.2) is 0 Å². The molecule has 2 aromatic rings. The molecule has 0 bridgehead atoms. The number of benzene rings is 2. The Kier molecular flexibility index (Phi) is 6.25. The molecule has 0 aliphatic heterocycles. The first kappa shape index (κ1) is 18.0. The summed E-state index contributed by atoms with van der Waals surface area (Å²) in [6.07, 6.45) is -1.55. The Hall–Kier alpha value is -1.33. The van der Waals surface area contributed by atoms with Crippen LogP contribution in [-0.4, -0.2) is 17.4 Å². The van der Waals surface area contributed by atoms with Gasteiger partial charge in [0.1, 0.15) is 17.9 Å². The van der Waals surface area contributed by atoms with E-state index in [0.717, 1.165) is 0 Å². The zero-order valence-corrected chi connectivity index (χ0v) is 14.5. The summed E-state index contributed by atoms with van der Waals surface area (Å²) in [4.78, 5) is 11.0. The summed E-state index contributed by atoms with van der Waals surface area (Å²) in [5, 5.41) is 10.3. The van der Waals surface area contributed by atoms with Crippen LogP contribution in [0.4, 0.5) is 0 Å². The maximum absolute atomic E-state index is 11.0. The van der Waals surface area contributed by atoms with Crippen LogP contribution in [0.1, 0.15) is 6.42 Å². The second kappa shape index (κ2) is 7.97. The van der Waals surface area contributed by atoms with Crippen LogP contribution in [0.3, 0.4) is 0 Å². The van der Waals surface area contributed by atoms with Gasteiger partial charge in [-0.3, -0.25) is 4.79 Å². The maximum atomic E-state index is 11.0. The van der Waals surface area contributed by atoms with Crippen molar-refractivity contribution in [1.82, 2.24) is 0 Å². The standard InChI is InChI=1S/C15H10Cl4O4/c16-8-1-3-12(10(18)5-8)22-15(7-14(20)21)23-13-4-2-9(17)6-11(13)19/h1-6,15H,7H2,(H,20,21). The maximum Gasteiger partial charge on any atom is 0.310 e. The first-order valence-corrected chi connectivity index (χ1v) is 7.81. The van der Waals surface area contributed by atoms with Crippen molar-refractivity contribution in [2.45, 2.75) is 12.7 Å². The highest BCUT2D eigenvalue weighted by atomic mass is 35.5. The lowest BCUT2D eigenvalue weighted by atomic mass is 10.3. The number of hydrogen-bond acceptors (Lipinski definition) is 3. The van der Waals surface area contributed by atoms with Crippen LogP contribution in [-0.2, 0) is 4.79 Å². The van der Waals surface area contributed by atoms with E-state index < -0.39 is 18.7 Å². The minimum Gasteiger partial charge on any atom is -0.481 e. The quantitative estimate of drug-likeness (QED) is 0.650. The van der Waals surface area contributed by atoms with Crippen molar-refractivity contribution in [3.05, 3.63) is 56.5 Å². The van der Waals surface area contributed by atoms with Crippen LogP contribution in [0, 0.1) is 0 Å². The molecule has 1 N–H and O–H groups in total. The first-order valence-electron chi connectivity index (χ1n) is 6.30. The Morgan fingerprint density at radius 1 is 0.913 bits per heavy atom. The fourth-order valence-corrected chi connectivity index (χ4v) is 2.58. The van der Waals surface area contributed by atoms with E-state index in [1.54, 1.807) is 12.1 Å². The molecule has 8 heteroatoms. The number of rotatable bonds is 6. The Bertz CT molecular complexity index is 667. The third kappa shape index (κ3) is 5.36. The molecule has 2 rings (SSSR count). The molecule has 0 heterocycles. The second-order valence-corrected chi connectivity index (χ2v) is 6.10. The van der Waals surface area contributed by atoms with E-state index in [1.807, 2.05) is 0 Å². The molecule has 0 radical (unpaired) electrons. The van der Waals surface area contributed by atoms with Crippen LogP contribution in [0.2, 0.25) is 20.1 Å². The lowest BCUT2D eigenvalue weighted by Crippen LogP contribution is -2.27. The SMILES string of the molecule is O=C(O)CC(Oc1ccc(Cl)cc1Cl)Oc1ccc(Cl)cc1Cl. The number of halogens is 4. The lowest BCUT2D eigenvalue weighted by Gasteiger charge is -2.20. The summed E-state index contributed by atoms with van der Waals surface area (Å²) >= 11 is 23.6. The molecule has 23 heavy (non-hydrogen) atoms. The summed E-state index contributed by atoms with van der Waals surface area (Å²) < 4.78 is 11.0. The summed E-state index contributed by atoms with van der Waals surface area (Å²) in [6, 6.07) is 9.13. The lowest BCUT2D eigenvalue weighted by molar-refractivity contribution is -0.142. The monoisotopic (exact) mass is 394 g/mol. The number of carbonyl (C=O) groups is 1. The van der Waals surface area contributed by atoms with E-state index in [1.165, 1.54) is 24.3 Å². The van der Waals surface area contributed by atoms with Gasteiger partial charge in [0.25, 0.3) is 6.29 Å². The Balaban J connectivity index is 2.21. The van der Waals surface area contributed by atoms with E-state index in [4.69, 9.17) is 61.0 Å². The van der Waals surface area contributed by atoms with Gasteiger partial charge in [0.05, 0.1) is 10.0 Å². The minimum atomic E-state index is -1.13. The van der Waals surface area contributed by atoms with E-state index in [9.17, 15) is 4.79 Å². The van der Waals surface area contributed by atoms with E-state index in [0.29, 0.717) is 10.0 Å². The van der Waals surface area contributed by atoms with Crippen LogP contribution >= 0.6 is 46.4 Å². The van der Waals surface area contributed by atoms with Gasteiger partial charge in [0.15, 0.2) is 0 Å². The molecule has 0 saturated carbocycles. The normalized spacial score (nSPS) is 10.7. The molecule has 0 fully saturated rings. The summed E-state index contributed by atoms with van der Waals surface area (Å²) in [5.41, 5.74) is 0. The molecule has 0 atom stereocenters. The van der Waals surface area contributed by atoms with Crippen molar-refractivity contribution < 1.29 is 19.4 Å². The Labute approximate surface area is 152 Å². The molecule has 4 nitrogen and oxygen atoms in total. The van der Waals surface area contributed by atoms with Crippen molar-refractivity contribution in [3.63, 3.8) is 0 Å². The van der Waals surface area contributed by atoms with Gasteiger partial charge in [0.2, 0.25) is 0 Å². The third-order valence-corrected chi connectivity index (χ3v) is 3.71. The molecule has 2 aromatic carbocycles. The van der Waals surface area contributed by atoms with Crippen molar-refractivity contribution >= 4 is 52.4 Å². The van der Waals surface area contributed by atoms with Gasteiger partial charge in [-0.15, -0.1) is 0 Å². The predicted octanol–water partition coefficient (Wildman–Crippen LogP) is 5.56. The topological polar surface area (TPSA) is 55.8 Å². The molecule has 0 aromatic heterocycles. The molecule has 0 aliphatic rings. The Morgan fingerprint density at radius 3 is 1.70 bits per heavy atom. The number of carboxylic acids is 1. The fourth-order valence-electron chi connectivity index (χ4n) is 1.67. The Morgan fingerprint density at radius 2 is 1.35 bits per heavy atom. The van der Waals surface area contributed by atoms with E-state index >= 15 is 0 Å². The smallest absolute Gasteiger partial charge is 0.310 e. The number of ether oxygens (including phenoxy) is 2. The molecule has 122 valence electrons. The highest BCUT2D eigenvalue weighted by Crippen LogP contribution is 2.32. The number of aliphatic carboxylic acids is 1. The molecule has 0 spiro atoms. The average Bonchev–Trinajstić information content (AvgIpc) is 2.44. The first-order chi connectivity index (χ1) is 10.8. The second-order valence-electron chi connectivity index (χ2n) is 4.41. The molecule has 0 saturated heterocycles. The predicted molar refractivity (Wildman–Crippen MR) is 90.2 cm³/mol. The minimum absolute atomic E-state index is 0.235. The highest BCUT2D eigenvalue weighted by molar-refractivity contribution is 6.36. The number of hydrogen-bond donors (Lipinski definition) is 1. The molecule has 0 aliphatic carbocycles. The summed E-state index contributed by atoms with van der Waals surface area (Å²) in [6.45, 7) is 0. The average molecular weight is 396 g/mol. The van der Waals surface area contributed by atoms with Crippen LogP contribution < -0.4 is 9.47 Å². The van der Waals surface area contributed by atoms with Gasteiger partial charge in [-0.2, -0.15) is 0 Å². The third-order valence-electron chi connectivity index (χ3n) is 2.65. The van der Waals surface area contributed by atoms with Crippen molar-refractivity contribution in [3.8, 4) is 11.5 Å². The summed E-state index contributed by atoms with van der Waals surface area (Å²) in [7, 11) is 0. The molecule has 0 unspecified atom stereocenters. The number of carboxylic acid groups (broad SMARTS) is 1. The van der Waals surface area contributed by atoms with Gasteiger partial charge < -0.3 is 14.6 Å². The highest BCUT2D eigenvalue weighted by Gasteiger charge is 2.20. The van der Waals surface area contributed by atoms with E-state index in [-0.39, 0.29) is 21.5 Å². The zero-order chi connectivity index (χ0) is 17.0. The fraction of sp³-hybridized carbons (Fsp3) is 0.133.